The van der Waals surface area contributed by atoms with Crippen LogP contribution in [0.4, 0.5) is 0 Å². The number of allylic oxidation sites excluding steroid dienone is 1. The van der Waals surface area contributed by atoms with Gasteiger partial charge in [0.25, 0.3) is 5.91 Å². The summed E-state index contributed by atoms with van der Waals surface area (Å²) in [5.74, 6) is -0.0197. The minimum absolute atomic E-state index is 0.0197. The third-order valence-corrected chi connectivity index (χ3v) is 5.25. The maximum atomic E-state index is 12.2. The molecule has 0 radical (unpaired) electrons. The maximum Gasteiger partial charge on any atom is 0.286 e. The average molecular weight is 294 g/mol. The number of rotatable bonds is 0. The van der Waals surface area contributed by atoms with Crippen molar-refractivity contribution in [1.29, 1.82) is 0 Å². The van der Waals surface area contributed by atoms with Gasteiger partial charge in [-0.05, 0) is 51.3 Å². The fraction of sp³-hybridized carbons (Fsp3) is 0.733. The van der Waals surface area contributed by atoms with Gasteiger partial charge in [-0.3, -0.25) is 4.79 Å². The van der Waals surface area contributed by atoms with Crippen LogP contribution in [0.5, 0.6) is 0 Å². The van der Waals surface area contributed by atoms with Crippen molar-refractivity contribution in [3.8, 4) is 0 Å². The fourth-order valence-electron chi connectivity index (χ4n) is 3.19. The Morgan fingerprint density at radius 1 is 1.15 bits per heavy atom. The lowest BCUT2D eigenvalue weighted by atomic mass is 9.94. The number of thioether (sulfide) groups is 1. The molecule has 4 nitrogen and oxygen atoms in total. The SMILES string of the molecule is CC1CN(C2=NC(=O)C(=C3CCCCC3)S2)CC(C)O1. The summed E-state index contributed by atoms with van der Waals surface area (Å²) in [6, 6.07) is 0. The second-order valence-corrected chi connectivity index (χ2v) is 6.93. The van der Waals surface area contributed by atoms with E-state index in [1.54, 1.807) is 11.8 Å². The van der Waals surface area contributed by atoms with Crippen molar-refractivity contribution in [3.63, 3.8) is 0 Å². The first-order valence-electron chi connectivity index (χ1n) is 7.57. The Morgan fingerprint density at radius 3 is 2.45 bits per heavy atom. The zero-order valence-corrected chi connectivity index (χ0v) is 13.0. The number of carbonyl (C=O) groups is 1. The van der Waals surface area contributed by atoms with Crippen molar-refractivity contribution >= 4 is 22.8 Å². The first-order chi connectivity index (χ1) is 9.63. The molecule has 2 heterocycles. The Bertz CT molecular complexity index is 454. The van der Waals surface area contributed by atoms with Gasteiger partial charge < -0.3 is 9.64 Å². The van der Waals surface area contributed by atoms with E-state index >= 15 is 0 Å². The highest BCUT2D eigenvalue weighted by atomic mass is 32.2. The molecule has 2 atom stereocenters. The lowest BCUT2D eigenvalue weighted by Crippen LogP contribution is -2.47. The molecule has 0 aromatic carbocycles. The van der Waals surface area contributed by atoms with Crippen molar-refractivity contribution in [1.82, 2.24) is 4.90 Å². The highest BCUT2D eigenvalue weighted by Crippen LogP contribution is 2.37. The van der Waals surface area contributed by atoms with Crippen LogP contribution in [0.15, 0.2) is 15.5 Å². The molecule has 0 bridgehead atoms. The Kier molecular flexibility index (Phi) is 4.17. The Balaban J connectivity index is 1.73. The van der Waals surface area contributed by atoms with Gasteiger partial charge in [0, 0.05) is 13.1 Å². The molecule has 2 aliphatic heterocycles. The molecule has 2 fully saturated rings. The number of morpholine rings is 1. The van der Waals surface area contributed by atoms with E-state index in [-0.39, 0.29) is 18.1 Å². The van der Waals surface area contributed by atoms with Gasteiger partial charge in [-0.2, -0.15) is 4.99 Å². The molecular formula is C15H22N2O2S. The topological polar surface area (TPSA) is 41.9 Å². The first kappa shape index (κ1) is 14.1. The number of nitrogens with zero attached hydrogens (tertiary/aromatic N) is 2. The van der Waals surface area contributed by atoms with Crippen molar-refractivity contribution in [2.45, 2.75) is 58.2 Å². The normalized spacial score (nSPS) is 31.8. The van der Waals surface area contributed by atoms with Crippen molar-refractivity contribution < 1.29 is 9.53 Å². The van der Waals surface area contributed by atoms with Gasteiger partial charge in [0.05, 0.1) is 17.1 Å². The molecule has 1 saturated carbocycles. The molecule has 1 amide bonds. The summed E-state index contributed by atoms with van der Waals surface area (Å²) >= 11 is 1.59. The number of amides is 1. The number of carbonyl (C=O) groups excluding carboxylic acids is 1. The van der Waals surface area contributed by atoms with E-state index in [9.17, 15) is 4.79 Å². The molecule has 0 spiro atoms. The van der Waals surface area contributed by atoms with Crippen molar-refractivity contribution in [3.05, 3.63) is 10.5 Å². The summed E-state index contributed by atoms with van der Waals surface area (Å²) in [6.45, 7) is 5.80. The van der Waals surface area contributed by atoms with Crippen molar-refractivity contribution in [2.24, 2.45) is 4.99 Å². The predicted octanol–water partition coefficient (Wildman–Crippen LogP) is 2.94. The molecular weight excluding hydrogens is 272 g/mol. The van der Waals surface area contributed by atoms with Gasteiger partial charge in [-0.1, -0.05) is 12.0 Å². The summed E-state index contributed by atoms with van der Waals surface area (Å²) < 4.78 is 5.74. The standard InChI is InChI=1S/C15H22N2O2S/c1-10-8-17(9-11(2)19-10)15-16-14(18)13(20-15)12-6-4-3-5-7-12/h10-11H,3-9H2,1-2H3. The zero-order chi connectivity index (χ0) is 14.1. The first-order valence-corrected chi connectivity index (χ1v) is 8.38. The minimum atomic E-state index is -0.0197. The van der Waals surface area contributed by atoms with Crippen molar-refractivity contribution in [2.75, 3.05) is 13.1 Å². The van der Waals surface area contributed by atoms with Gasteiger partial charge in [0.2, 0.25) is 0 Å². The third-order valence-electron chi connectivity index (χ3n) is 4.05. The number of aliphatic imine (C=N–C) groups is 1. The zero-order valence-electron chi connectivity index (χ0n) is 12.2. The molecule has 20 heavy (non-hydrogen) atoms. The monoisotopic (exact) mass is 294 g/mol. The van der Waals surface area contributed by atoms with Crippen LogP contribution in [0, 0.1) is 0 Å². The highest BCUT2D eigenvalue weighted by molar-refractivity contribution is 8.18. The van der Waals surface area contributed by atoms with Crippen LogP contribution in [-0.4, -0.2) is 41.3 Å². The van der Waals surface area contributed by atoms with E-state index in [4.69, 9.17) is 4.74 Å². The summed E-state index contributed by atoms with van der Waals surface area (Å²) in [7, 11) is 0. The summed E-state index contributed by atoms with van der Waals surface area (Å²) in [6.07, 6.45) is 6.27. The second-order valence-electron chi connectivity index (χ2n) is 5.96. The molecule has 1 saturated heterocycles. The summed E-state index contributed by atoms with van der Waals surface area (Å²) in [5, 5.41) is 0.880. The van der Waals surface area contributed by atoms with Gasteiger partial charge in [0.15, 0.2) is 5.17 Å². The molecule has 1 aliphatic carbocycles. The van der Waals surface area contributed by atoms with E-state index in [0.717, 1.165) is 36.0 Å². The van der Waals surface area contributed by atoms with E-state index < -0.39 is 0 Å². The Morgan fingerprint density at radius 2 is 1.80 bits per heavy atom. The molecule has 5 heteroatoms. The highest BCUT2D eigenvalue weighted by Gasteiger charge is 2.32. The maximum absolute atomic E-state index is 12.2. The van der Waals surface area contributed by atoms with E-state index in [1.807, 2.05) is 0 Å². The molecule has 3 aliphatic rings. The quantitative estimate of drug-likeness (QED) is 0.644. The minimum Gasteiger partial charge on any atom is -0.372 e. The summed E-state index contributed by atoms with van der Waals surface area (Å²) in [4.78, 5) is 19.6. The van der Waals surface area contributed by atoms with E-state index in [1.165, 1.54) is 24.8 Å². The molecule has 0 aromatic rings. The number of hydrogen-bond acceptors (Lipinski definition) is 4. The molecule has 0 aromatic heterocycles. The Hall–Kier alpha value is -0.810. The van der Waals surface area contributed by atoms with Crippen LogP contribution in [0.3, 0.4) is 0 Å². The van der Waals surface area contributed by atoms with Crippen LogP contribution in [0.1, 0.15) is 46.0 Å². The van der Waals surface area contributed by atoms with Crippen LogP contribution >= 0.6 is 11.8 Å². The molecule has 2 unspecified atom stereocenters. The van der Waals surface area contributed by atoms with Gasteiger partial charge in [-0.25, -0.2) is 0 Å². The van der Waals surface area contributed by atoms with E-state index in [2.05, 4.69) is 23.7 Å². The van der Waals surface area contributed by atoms with Crippen LogP contribution in [0.25, 0.3) is 0 Å². The predicted molar refractivity (Wildman–Crippen MR) is 81.7 cm³/mol. The van der Waals surface area contributed by atoms with Crippen LogP contribution in [-0.2, 0) is 9.53 Å². The average Bonchev–Trinajstić information content (AvgIpc) is 2.81. The molecule has 110 valence electrons. The second kappa shape index (κ2) is 5.90. The van der Waals surface area contributed by atoms with E-state index in [0.29, 0.717) is 0 Å². The third kappa shape index (κ3) is 2.93. The number of ether oxygens (including phenoxy) is 1. The number of hydrogen-bond donors (Lipinski definition) is 0. The largest absolute Gasteiger partial charge is 0.372 e. The Labute approximate surface area is 124 Å². The van der Waals surface area contributed by atoms with Crippen LogP contribution < -0.4 is 0 Å². The summed E-state index contributed by atoms with van der Waals surface area (Å²) in [5.41, 5.74) is 1.33. The molecule has 0 N–H and O–H groups in total. The van der Waals surface area contributed by atoms with Gasteiger partial charge in [0.1, 0.15) is 0 Å². The lowest BCUT2D eigenvalue weighted by molar-refractivity contribution is -0.113. The van der Waals surface area contributed by atoms with Gasteiger partial charge >= 0.3 is 0 Å². The van der Waals surface area contributed by atoms with Gasteiger partial charge in [-0.15, -0.1) is 0 Å². The number of amidine groups is 1. The van der Waals surface area contributed by atoms with Crippen LogP contribution in [0.2, 0.25) is 0 Å². The molecule has 3 rings (SSSR count). The smallest absolute Gasteiger partial charge is 0.286 e. The lowest BCUT2D eigenvalue weighted by Gasteiger charge is -2.35. The fourth-order valence-corrected chi connectivity index (χ4v) is 4.26.